The maximum Gasteiger partial charge on any atom is 0.314 e. The number of hydrogen-bond donors (Lipinski definition) is 0. The molecular weight excluding hydrogens is 913 g/mol. The predicted octanol–water partition coefficient (Wildman–Crippen LogP) is 14.1. The Morgan fingerprint density at radius 3 is 0.472 bits per heavy atom. The van der Waals surface area contributed by atoms with E-state index in [9.17, 15) is 28.8 Å². The molecule has 72 heavy (non-hydrogen) atoms. The lowest BCUT2D eigenvalue weighted by molar-refractivity contribution is -0.142. The highest BCUT2D eigenvalue weighted by atomic mass is 16.6. The van der Waals surface area contributed by atoms with E-state index < -0.39 is 35.8 Å². The standard InChI is InChI=1S/C60H72O12/c61-55(37-19-7-1-8-20-37)67-49-31-43-44(32-50(49)68-56(62)38-21-9-2-10-22-38)46-34-52(70-58(64)40-25-13-4-14-26-40)54(72-60(66)42-29-17-6-18-30-42)36-48(46)47-35-53(71-59(65)41-27-15-5-16-28-41)51(33-45(43)47)69-57(63)39-23-11-3-12-24-39/h31-42H,1-30H2. The van der Waals surface area contributed by atoms with E-state index in [0.29, 0.717) is 109 Å². The highest BCUT2D eigenvalue weighted by molar-refractivity contribution is 6.27. The monoisotopic (exact) mass is 985 g/mol. The number of carbonyl (C=O) groups is 6. The summed E-state index contributed by atoms with van der Waals surface area (Å²) < 4.78 is 38.0. The van der Waals surface area contributed by atoms with Gasteiger partial charge in [-0.3, -0.25) is 28.8 Å². The first-order chi connectivity index (χ1) is 35.2. The minimum Gasteiger partial charge on any atom is -0.422 e. The fourth-order valence-electron chi connectivity index (χ4n) is 12.7. The van der Waals surface area contributed by atoms with Gasteiger partial charge in [-0.15, -0.1) is 0 Å². The van der Waals surface area contributed by atoms with Gasteiger partial charge in [-0.25, -0.2) is 0 Å². The molecule has 4 aromatic carbocycles. The van der Waals surface area contributed by atoms with Crippen LogP contribution in [-0.4, -0.2) is 35.8 Å². The number of carbonyl (C=O) groups excluding carboxylic acids is 6. The van der Waals surface area contributed by atoms with E-state index >= 15 is 0 Å². The Labute approximate surface area is 422 Å². The van der Waals surface area contributed by atoms with Crippen LogP contribution in [0, 0.1) is 35.5 Å². The van der Waals surface area contributed by atoms with E-state index in [0.717, 1.165) is 116 Å². The summed E-state index contributed by atoms with van der Waals surface area (Å²) in [6, 6.07) is 10.3. The summed E-state index contributed by atoms with van der Waals surface area (Å²) in [5.74, 6) is -3.74. The molecular formula is C60H72O12. The summed E-state index contributed by atoms with van der Waals surface area (Å²) >= 11 is 0. The first-order valence-corrected chi connectivity index (χ1v) is 28.0. The van der Waals surface area contributed by atoms with Crippen LogP contribution >= 0.6 is 0 Å². The average Bonchev–Trinajstić information content (AvgIpc) is 3.43. The molecule has 6 aliphatic carbocycles. The molecule has 0 saturated heterocycles. The fraction of sp³-hybridized carbons (Fsp3) is 0.600. The Bertz CT molecular complexity index is 2170. The van der Waals surface area contributed by atoms with Gasteiger partial charge in [0.2, 0.25) is 0 Å². The van der Waals surface area contributed by atoms with Crippen LogP contribution in [0.25, 0.3) is 32.3 Å². The summed E-state index contributed by atoms with van der Waals surface area (Å²) in [5, 5.41) is 3.32. The molecule has 6 saturated carbocycles. The van der Waals surface area contributed by atoms with Crippen molar-refractivity contribution >= 4 is 68.1 Å². The van der Waals surface area contributed by atoms with Crippen molar-refractivity contribution in [3.8, 4) is 34.5 Å². The lowest BCUT2D eigenvalue weighted by Gasteiger charge is -2.24. The van der Waals surface area contributed by atoms with Crippen LogP contribution in [-0.2, 0) is 28.8 Å². The summed E-state index contributed by atoms with van der Waals surface area (Å²) in [5.41, 5.74) is 0. The number of benzene rings is 4. The lowest BCUT2D eigenvalue weighted by Crippen LogP contribution is -2.25. The SMILES string of the molecule is O=C(Oc1cc2c3cc(OC(=O)C4CCCCC4)c(OC(=O)C4CCCCC4)cc3c3cc(OC(=O)C4CCCCC4)c(OC(=O)C4CCCCC4)cc3c2cc1OC(=O)C1CCCCC1)C1CCCCC1. The van der Waals surface area contributed by atoms with Gasteiger partial charge >= 0.3 is 35.8 Å². The molecule has 6 aliphatic rings. The minimum atomic E-state index is -0.394. The van der Waals surface area contributed by atoms with Crippen LogP contribution in [0.2, 0.25) is 0 Å². The summed E-state index contributed by atoms with van der Waals surface area (Å²) in [7, 11) is 0. The quantitative estimate of drug-likeness (QED) is 0.0752. The summed E-state index contributed by atoms with van der Waals surface area (Å²) in [4.78, 5) is 84.5. The minimum absolute atomic E-state index is 0.0819. The van der Waals surface area contributed by atoms with Crippen LogP contribution in [0.4, 0.5) is 0 Å². The zero-order chi connectivity index (χ0) is 49.6. The first-order valence-electron chi connectivity index (χ1n) is 28.0. The Balaban J connectivity index is 1.19. The van der Waals surface area contributed by atoms with Crippen molar-refractivity contribution in [1.82, 2.24) is 0 Å². The van der Waals surface area contributed by atoms with Crippen LogP contribution < -0.4 is 28.4 Å². The predicted molar refractivity (Wildman–Crippen MR) is 272 cm³/mol. The second-order valence-corrected chi connectivity index (χ2v) is 22.1. The van der Waals surface area contributed by atoms with Gasteiger partial charge in [-0.1, -0.05) is 116 Å². The molecule has 4 aromatic rings. The molecule has 0 bridgehead atoms. The zero-order valence-corrected chi connectivity index (χ0v) is 42.0. The number of fused-ring (bicyclic) bond motifs is 6. The molecule has 0 N–H and O–H groups in total. The molecule has 12 heteroatoms. The molecule has 0 spiro atoms. The molecule has 0 aliphatic heterocycles. The van der Waals surface area contributed by atoms with Crippen molar-refractivity contribution < 1.29 is 57.2 Å². The van der Waals surface area contributed by atoms with Crippen LogP contribution in [0.1, 0.15) is 193 Å². The van der Waals surface area contributed by atoms with Gasteiger partial charge < -0.3 is 28.4 Å². The second kappa shape index (κ2) is 23.1. The van der Waals surface area contributed by atoms with Crippen LogP contribution in [0.3, 0.4) is 0 Å². The maximum atomic E-state index is 14.1. The van der Waals surface area contributed by atoms with Crippen molar-refractivity contribution in [2.45, 2.75) is 193 Å². The molecule has 384 valence electrons. The molecule has 0 atom stereocenters. The molecule has 6 fully saturated rings. The van der Waals surface area contributed by atoms with Crippen LogP contribution in [0.5, 0.6) is 34.5 Å². The third-order valence-corrected chi connectivity index (χ3v) is 17.0. The van der Waals surface area contributed by atoms with Gasteiger partial charge in [0.15, 0.2) is 34.5 Å². The van der Waals surface area contributed by atoms with Crippen molar-refractivity contribution in [2.75, 3.05) is 0 Å². The largest absolute Gasteiger partial charge is 0.422 e. The third kappa shape index (κ3) is 11.5. The Morgan fingerprint density at radius 1 is 0.222 bits per heavy atom. The van der Waals surface area contributed by atoms with E-state index in [4.69, 9.17) is 28.4 Å². The smallest absolute Gasteiger partial charge is 0.314 e. The van der Waals surface area contributed by atoms with Gasteiger partial charge in [-0.05, 0) is 146 Å². The highest BCUT2D eigenvalue weighted by Gasteiger charge is 2.33. The van der Waals surface area contributed by atoms with Crippen molar-refractivity contribution in [3.63, 3.8) is 0 Å². The van der Waals surface area contributed by atoms with Gasteiger partial charge in [0.1, 0.15) is 0 Å². The molecule has 12 nitrogen and oxygen atoms in total. The molecule has 0 heterocycles. The maximum absolute atomic E-state index is 14.1. The second-order valence-electron chi connectivity index (χ2n) is 22.1. The summed E-state index contributed by atoms with van der Waals surface area (Å²) in [6.45, 7) is 0. The zero-order valence-electron chi connectivity index (χ0n) is 42.0. The molecule has 0 aromatic heterocycles. The van der Waals surface area contributed by atoms with E-state index in [1.807, 2.05) is 0 Å². The van der Waals surface area contributed by atoms with Crippen molar-refractivity contribution in [1.29, 1.82) is 0 Å². The van der Waals surface area contributed by atoms with Crippen molar-refractivity contribution in [3.05, 3.63) is 36.4 Å². The van der Waals surface area contributed by atoms with Crippen LogP contribution in [0.15, 0.2) is 36.4 Å². The van der Waals surface area contributed by atoms with Gasteiger partial charge in [-0.2, -0.15) is 0 Å². The van der Waals surface area contributed by atoms with E-state index in [1.165, 1.54) is 0 Å². The Kier molecular flexibility index (Phi) is 16.1. The lowest BCUT2D eigenvalue weighted by atomic mass is 9.89. The normalized spacial score (nSPS) is 20.5. The average molecular weight is 985 g/mol. The topological polar surface area (TPSA) is 158 Å². The van der Waals surface area contributed by atoms with E-state index in [2.05, 4.69) is 0 Å². The van der Waals surface area contributed by atoms with Gasteiger partial charge in [0.25, 0.3) is 0 Å². The number of hydrogen-bond acceptors (Lipinski definition) is 12. The fourth-order valence-corrected chi connectivity index (χ4v) is 12.7. The first kappa shape index (κ1) is 50.0. The summed E-state index contributed by atoms with van der Waals surface area (Å²) in [6.07, 6.45) is 25.7. The van der Waals surface area contributed by atoms with Gasteiger partial charge in [0.05, 0.1) is 35.5 Å². The number of esters is 6. The Hall–Kier alpha value is -5.52. The number of ether oxygens (including phenoxy) is 6. The molecule has 10 rings (SSSR count). The Morgan fingerprint density at radius 2 is 0.347 bits per heavy atom. The van der Waals surface area contributed by atoms with Crippen molar-refractivity contribution in [2.24, 2.45) is 35.5 Å². The van der Waals surface area contributed by atoms with Gasteiger partial charge in [0, 0.05) is 0 Å². The molecule has 0 unspecified atom stereocenters. The molecule has 0 amide bonds. The molecule has 0 radical (unpaired) electrons. The van der Waals surface area contributed by atoms with E-state index in [-0.39, 0.29) is 70.0 Å². The highest BCUT2D eigenvalue weighted by Crippen LogP contribution is 2.49. The third-order valence-electron chi connectivity index (χ3n) is 17.0. The van der Waals surface area contributed by atoms with E-state index in [1.54, 1.807) is 36.4 Å². The number of rotatable bonds is 12.